The molecular weight excluding hydrogens is 655 g/mol. The number of carbonyl (C=O) groups excluding carboxylic acids is 1. The lowest BCUT2D eigenvalue weighted by Crippen LogP contribution is -2.28. The van der Waals surface area contributed by atoms with E-state index in [-0.39, 0.29) is 12.0 Å². The lowest BCUT2D eigenvalue weighted by Gasteiger charge is -2.22. The maximum Gasteiger partial charge on any atom is 0.219 e. The zero-order chi connectivity index (χ0) is 38.7. The van der Waals surface area contributed by atoms with Gasteiger partial charge < -0.3 is 19.7 Å². The van der Waals surface area contributed by atoms with Crippen LogP contribution in [0.15, 0.2) is 0 Å². The Hall–Kier alpha value is -1.14. The molecule has 0 rings (SSSR count). The van der Waals surface area contributed by atoms with E-state index >= 15 is 0 Å². The van der Waals surface area contributed by atoms with Crippen LogP contribution in [0.3, 0.4) is 0 Å². The summed E-state index contributed by atoms with van der Waals surface area (Å²) in [4.78, 5) is 14.4. The van der Waals surface area contributed by atoms with Gasteiger partial charge in [-0.2, -0.15) is 0 Å². The highest BCUT2D eigenvalue weighted by atomic mass is 16.5. The first kappa shape index (κ1) is 51.9. The molecule has 0 aromatic rings. The van der Waals surface area contributed by atoms with E-state index in [1.54, 1.807) is 7.05 Å². The SMILES string of the molecule is CCCCCCCCCOCCCCCCCCN(CCCCCCCC(=N)OC(CCCCCCCC)CCCCCCCC)CCCC(=O)NC. The zero-order valence-corrected chi connectivity index (χ0v) is 36.5. The van der Waals surface area contributed by atoms with Crippen LogP contribution in [-0.2, 0) is 14.3 Å². The summed E-state index contributed by atoms with van der Waals surface area (Å²) in [5, 5.41) is 11.3. The molecule has 6 nitrogen and oxygen atoms in total. The Morgan fingerprint density at radius 1 is 0.491 bits per heavy atom. The van der Waals surface area contributed by atoms with E-state index in [0.29, 0.717) is 12.3 Å². The first-order chi connectivity index (χ1) is 26.1. The zero-order valence-electron chi connectivity index (χ0n) is 36.5. The van der Waals surface area contributed by atoms with Gasteiger partial charge in [0.2, 0.25) is 5.91 Å². The molecule has 0 aromatic heterocycles. The number of nitrogens with zero attached hydrogens (tertiary/aromatic N) is 1. The lowest BCUT2D eigenvalue weighted by atomic mass is 10.0. The maximum atomic E-state index is 11.8. The van der Waals surface area contributed by atoms with E-state index < -0.39 is 0 Å². The van der Waals surface area contributed by atoms with Crippen LogP contribution in [0.25, 0.3) is 0 Å². The van der Waals surface area contributed by atoms with Gasteiger partial charge in [0.1, 0.15) is 6.10 Å². The molecule has 0 spiro atoms. The molecule has 0 atom stereocenters. The summed E-state index contributed by atoms with van der Waals surface area (Å²) in [7, 11) is 1.74. The van der Waals surface area contributed by atoms with Crippen molar-refractivity contribution in [3.8, 4) is 0 Å². The molecule has 0 aliphatic heterocycles. The van der Waals surface area contributed by atoms with Gasteiger partial charge in [0.05, 0.1) is 0 Å². The van der Waals surface area contributed by atoms with E-state index in [2.05, 4.69) is 31.0 Å². The minimum Gasteiger partial charge on any atom is -0.478 e. The second kappa shape index (κ2) is 43.6. The van der Waals surface area contributed by atoms with Crippen LogP contribution >= 0.6 is 0 Å². The second-order valence-electron chi connectivity index (χ2n) is 16.3. The number of hydrogen-bond donors (Lipinski definition) is 2. The minimum absolute atomic E-state index is 0.155. The summed E-state index contributed by atoms with van der Waals surface area (Å²) < 4.78 is 12.1. The highest BCUT2D eigenvalue weighted by Crippen LogP contribution is 2.19. The number of rotatable bonds is 44. The molecule has 0 unspecified atom stereocenters. The summed E-state index contributed by atoms with van der Waals surface area (Å²) >= 11 is 0. The van der Waals surface area contributed by atoms with Crippen LogP contribution in [-0.4, -0.2) is 62.7 Å². The van der Waals surface area contributed by atoms with Crippen LogP contribution in [0, 0.1) is 5.41 Å². The van der Waals surface area contributed by atoms with E-state index in [4.69, 9.17) is 14.9 Å². The predicted octanol–water partition coefficient (Wildman–Crippen LogP) is 14.1. The first-order valence-electron chi connectivity index (χ1n) is 23.8. The highest BCUT2D eigenvalue weighted by Gasteiger charge is 2.13. The Kier molecular flexibility index (Phi) is 42.6. The molecule has 0 saturated carbocycles. The van der Waals surface area contributed by atoms with Gasteiger partial charge in [-0.15, -0.1) is 0 Å². The van der Waals surface area contributed by atoms with E-state index in [1.165, 1.54) is 186 Å². The number of unbranched alkanes of at least 4 members (excludes halogenated alkanes) is 25. The Morgan fingerprint density at radius 2 is 0.868 bits per heavy atom. The van der Waals surface area contributed by atoms with Gasteiger partial charge in [0.25, 0.3) is 0 Å². The standard InChI is InChI=1S/C47H95N3O3/c1-5-8-11-14-18-26-33-43-52-44-34-27-19-17-24-31-40-50(42-35-39-47(51)49-4)41-32-25-20-23-30-38-46(48)53-45(36-28-21-15-12-9-6-2)37-29-22-16-13-10-7-3/h45,48H,5-44H2,1-4H3,(H,49,51). The Labute approximate surface area is 332 Å². The number of amides is 1. The molecule has 0 saturated heterocycles. The third-order valence-electron chi connectivity index (χ3n) is 11.0. The van der Waals surface area contributed by atoms with Crippen molar-refractivity contribution in [2.45, 2.75) is 252 Å². The smallest absolute Gasteiger partial charge is 0.219 e. The van der Waals surface area contributed by atoms with Gasteiger partial charge in [-0.25, -0.2) is 0 Å². The Bertz CT molecular complexity index is 733. The average molecular weight is 750 g/mol. The number of ether oxygens (including phenoxy) is 2. The fraction of sp³-hybridized carbons (Fsp3) is 0.957. The van der Waals surface area contributed by atoms with Crippen molar-refractivity contribution in [3.05, 3.63) is 0 Å². The molecule has 53 heavy (non-hydrogen) atoms. The van der Waals surface area contributed by atoms with Gasteiger partial charge in [-0.05, 0) is 83.8 Å². The Balaban J connectivity index is 4.17. The highest BCUT2D eigenvalue weighted by molar-refractivity contribution is 5.75. The summed E-state index contributed by atoms with van der Waals surface area (Å²) in [6.07, 6.45) is 43.8. The van der Waals surface area contributed by atoms with Crippen LogP contribution in [0.5, 0.6) is 0 Å². The predicted molar refractivity (Wildman–Crippen MR) is 233 cm³/mol. The third kappa shape index (κ3) is 40.3. The molecule has 6 heteroatoms. The largest absolute Gasteiger partial charge is 0.478 e. The average Bonchev–Trinajstić information content (AvgIpc) is 3.16. The van der Waals surface area contributed by atoms with Crippen molar-refractivity contribution in [1.29, 1.82) is 5.41 Å². The maximum absolute atomic E-state index is 11.8. The molecule has 0 bridgehead atoms. The monoisotopic (exact) mass is 750 g/mol. The topological polar surface area (TPSA) is 74.6 Å². The fourth-order valence-electron chi connectivity index (χ4n) is 7.41. The second-order valence-corrected chi connectivity index (χ2v) is 16.3. The molecule has 1 amide bonds. The first-order valence-corrected chi connectivity index (χ1v) is 23.8. The van der Waals surface area contributed by atoms with Crippen molar-refractivity contribution < 1.29 is 14.3 Å². The van der Waals surface area contributed by atoms with Crippen molar-refractivity contribution >= 4 is 11.8 Å². The van der Waals surface area contributed by atoms with Gasteiger partial charge in [-0.1, -0.05) is 168 Å². The molecule has 0 aromatic carbocycles. The molecule has 0 aliphatic carbocycles. The van der Waals surface area contributed by atoms with Gasteiger partial charge in [-0.3, -0.25) is 10.2 Å². The van der Waals surface area contributed by atoms with Crippen LogP contribution in [0.4, 0.5) is 0 Å². The third-order valence-corrected chi connectivity index (χ3v) is 11.0. The molecule has 0 aliphatic rings. The van der Waals surface area contributed by atoms with Crippen molar-refractivity contribution in [1.82, 2.24) is 10.2 Å². The lowest BCUT2D eigenvalue weighted by molar-refractivity contribution is -0.120. The molecular formula is C47H95N3O3. The number of hydrogen-bond acceptors (Lipinski definition) is 5. The van der Waals surface area contributed by atoms with E-state index in [9.17, 15) is 4.79 Å². The summed E-state index contributed by atoms with van der Waals surface area (Å²) in [6, 6.07) is 0. The molecule has 0 fully saturated rings. The Morgan fingerprint density at radius 3 is 1.32 bits per heavy atom. The molecule has 0 heterocycles. The van der Waals surface area contributed by atoms with Gasteiger partial charge in [0, 0.05) is 33.1 Å². The van der Waals surface area contributed by atoms with Crippen molar-refractivity contribution in [3.63, 3.8) is 0 Å². The summed E-state index contributed by atoms with van der Waals surface area (Å²) in [5.41, 5.74) is 0. The van der Waals surface area contributed by atoms with Gasteiger partial charge >= 0.3 is 0 Å². The quantitative estimate of drug-likeness (QED) is 0.0369. The summed E-state index contributed by atoms with van der Waals surface area (Å²) in [6.45, 7) is 12.0. The van der Waals surface area contributed by atoms with E-state index in [0.717, 1.165) is 65.0 Å². The normalized spacial score (nSPS) is 11.6. The van der Waals surface area contributed by atoms with Crippen LogP contribution < -0.4 is 5.32 Å². The summed E-state index contributed by atoms with van der Waals surface area (Å²) in [5.74, 6) is 0.684. The van der Waals surface area contributed by atoms with Crippen molar-refractivity contribution in [2.75, 3.05) is 39.9 Å². The molecule has 316 valence electrons. The number of nitrogens with one attached hydrogen (secondary N) is 2. The number of carbonyl (C=O) groups is 1. The van der Waals surface area contributed by atoms with Crippen molar-refractivity contribution in [2.24, 2.45) is 0 Å². The van der Waals surface area contributed by atoms with Crippen LogP contribution in [0.2, 0.25) is 0 Å². The van der Waals surface area contributed by atoms with Crippen LogP contribution in [0.1, 0.15) is 245 Å². The molecule has 2 N–H and O–H groups in total. The minimum atomic E-state index is 0.155. The van der Waals surface area contributed by atoms with Gasteiger partial charge in [0.15, 0.2) is 5.90 Å². The fourth-order valence-corrected chi connectivity index (χ4v) is 7.41. The molecule has 0 radical (unpaired) electrons. The van der Waals surface area contributed by atoms with E-state index in [1.807, 2.05) is 0 Å².